The second-order valence-corrected chi connectivity index (χ2v) is 5.79. The number of benzene rings is 2. The van der Waals surface area contributed by atoms with Gasteiger partial charge in [0.25, 0.3) is 5.91 Å². The number of aromatic carboxylic acids is 1. The molecule has 0 fully saturated rings. The molecule has 2 rings (SSSR count). The van der Waals surface area contributed by atoms with Crippen molar-refractivity contribution in [1.29, 1.82) is 0 Å². The number of carboxylic acid groups (broad SMARTS) is 1. The summed E-state index contributed by atoms with van der Waals surface area (Å²) in [6.07, 6.45) is 2.03. The first-order valence-corrected chi connectivity index (χ1v) is 8.28. The van der Waals surface area contributed by atoms with Crippen molar-refractivity contribution in [3.8, 4) is 11.1 Å². The lowest BCUT2D eigenvalue weighted by molar-refractivity contribution is 0.0697. The molecule has 126 valence electrons. The molecule has 2 aromatic carbocycles. The van der Waals surface area contributed by atoms with Gasteiger partial charge in [-0.3, -0.25) is 4.79 Å². The molecule has 0 aliphatic carbocycles. The van der Waals surface area contributed by atoms with Crippen LogP contribution >= 0.6 is 0 Å². The molecule has 0 saturated heterocycles. The Morgan fingerprint density at radius 1 is 0.917 bits per heavy atom. The van der Waals surface area contributed by atoms with Crippen LogP contribution in [0.15, 0.2) is 48.5 Å². The quantitative estimate of drug-likeness (QED) is 0.801. The Bertz CT molecular complexity index is 720. The summed E-state index contributed by atoms with van der Waals surface area (Å²) >= 11 is 0. The van der Waals surface area contributed by atoms with E-state index in [2.05, 4.69) is 19.2 Å². The van der Waals surface area contributed by atoms with Gasteiger partial charge in [-0.05, 0) is 29.2 Å². The van der Waals surface area contributed by atoms with Crippen molar-refractivity contribution in [1.82, 2.24) is 5.32 Å². The minimum absolute atomic E-state index is 0.169. The number of hydrogen-bond acceptors (Lipinski definition) is 2. The highest BCUT2D eigenvalue weighted by atomic mass is 16.4. The maximum Gasteiger partial charge on any atom is 0.336 e. The van der Waals surface area contributed by atoms with Crippen LogP contribution in [0.3, 0.4) is 0 Å². The topological polar surface area (TPSA) is 66.4 Å². The predicted molar refractivity (Wildman–Crippen MR) is 95.2 cm³/mol. The van der Waals surface area contributed by atoms with Gasteiger partial charge < -0.3 is 10.4 Å². The van der Waals surface area contributed by atoms with Gasteiger partial charge in [-0.15, -0.1) is 0 Å². The fourth-order valence-electron chi connectivity index (χ4n) is 2.73. The average molecular weight is 325 g/mol. The molecule has 0 radical (unpaired) electrons. The van der Waals surface area contributed by atoms with E-state index in [4.69, 9.17) is 0 Å². The van der Waals surface area contributed by atoms with Crippen LogP contribution in [0.2, 0.25) is 0 Å². The van der Waals surface area contributed by atoms with Gasteiger partial charge in [0.2, 0.25) is 0 Å². The first kappa shape index (κ1) is 17.7. The van der Waals surface area contributed by atoms with Crippen molar-refractivity contribution < 1.29 is 14.7 Å². The standard InChI is InChI=1S/C20H23NO3/c1-3-14(4-2)13-21-19(22)17-11-7-5-9-15(17)16-10-6-8-12-18(16)20(23)24/h5-12,14H,3-4,13H2,1-2H3,(H,21,22)(H,23,24). The first-order chi connectivity index (χ1) is 11.6. The third-order valence-electron chi connectivity index (χ3n) is 4.33. The lowest BCUT2D eigenvalue weighted by Crippen LogP contribution is -2.29. The molecule has 0 saturated carbocycles. The number of carboxylic acids is 1. The maximum atomic E-state index is 12.6. The van der Waals surface area contributed by atoms with Crippen molar-refractivity contribution in [2.75, 3.05) is 6.54 Å². The molecule has 0 aliphatic rings. The van der Waals surface area contributed by atoms with Crippen LogP contribution in [-0.4, -0.2) is 23.5 Å². The zero-order chi connectivity index (χ0) is 17.5. The summed E-state index contributed by atoms with van der Waals surface area (Å²) < 4.78 is 0. The number of carbonyl (C=O) groups excluding carboxylic acids is 1. The minimum atomic E-state index is -1.00. The lowest BCUT2D eigenvalue weighted by atomic mass is 9.95. The SMILES string of the molecule is CCC(CC)CNC(=O)c1ccccc1-c1ccccc1C(=O)O. The normalized spacial score (nSPS) is 10.6. The van der Waals surface area contributed by atoms with Crippen LogP contribution in [0.4, 0.5) is 0 Å². The van der Waals surface area contributed by atoms with Crippen molar-refractivity contribution in [2.24, 2.45) is 5.92 Å². The smallest absolute Gasteiger partial charge is 0.336 e. The van der Waals surface area contributed by atoms with E-state index in [1.807, 2.05) is 6.07 Å². The van der Waals surface area contributed by atoms with Crippen LogP contribution in [0.25, 0.3) is 11.1 Å². The third-order valence-corrected chi connectivity index (χ3v) is 4.33. The second kappa shape index (κ2) is 8.29. The highest BCUT2D eigenvalue weighted by Gasteiger charge is 2.17. The van der Waals surface area contributed by atoms with E-state index in [0.717, 1.165) is 12.8 Å². The highest BCUT2D eigenvalue weighted by molar-refractivity contribution is 6.04. The molecule has 2 N–H and O–H groups in total. The van der Waals surface area contributed by atoms with Gasteiger partial charge in [0, 0.05) is 12.1 Å². The Labute approximate surface area is 142 Å². The van der Waals surface area contributed by atoms with Gasteiger partial charge in [0.05, 0.1) is 5.56 Å². The average Bonchev–Trinajstić information content (AvgIpc) is 2.62. The Hall–Kier alpha value is -2.62. The molecule has 0 aromatic heterocycles. The molecule has 0 unspecified atom stereocenters. The first-order valence-electron chi connectivity index (χ1n) is 8.28. The van der Waals surface area contributed by atoms with Gasteiger partial charge in [-0.1, -0.05) is 63.1 Å². The van der Waals surface area contributed by atoms with Crippen LogP contribution < -0.4 is 5.32 Å². The number of rotatable bonds is 7. The fourth-order valence-corrected chi connectivity index (χ4v) is 2.73. The third kappa shape index (κ3) is 4.02. The van der Waals surface area contributed by atoms with Crippen molar-refractivity contribution in [3.63, 3.8) is 0 Å². The molecule has 0 atom stereocenters. The summed E-state index contributed by atoms with van der Waals surface area (Å²) in [6.45, 7) is 4.84. The van der Waals surface area contributed by atoms with Gasteiger partial charge in [-0.25, -0.2) is 4.79 Å². The molecule has 0 heterocycles. The van der Waals surface area contributed by atoms with Crippen molar-refractivity contribution >= 4 is 11.9 Å². The largest absolute Gasteiger partial charge is 0.478 e. The van der Waals surface area contributed by atoms with E-state index in [0.29, 0.717) is 29.2 Å². The number of nitrogens with one attached hydrogen (secondary N) is 1. The van der Waals surface area contributed by atoms with E-state index >= 15 is 0 Å². The molecule has 1 amide bonds. The molecule has 0 bridgehead atoms. The Balaban J connectivity index is 2.35. The zero-order valence-corrected chi connectivity index (χ0v) is 14.1. The van der Waals surface area contributed by atoms with E-state index in [9.17, 15) is 14.7 Å². The molecule has 0 spiro atoms. The molecule has 2 aromatic rings. The van der Waals surface area contributed by atoms with Crippen molar-refractivity contribution in [3.05, 3.63) is 59.7 Å². The molecule has 4 nitrogen and oxygen atoms in total. The van der Waals surface area contributed by atoms with Crippen LogP contribution in [0, 0.1) is 5.92 Å². The summed E-state index contributed by atoms with van der Waals surface area (Å²) in [6, 6.07) is 13.9. The summed E-state index contributed by atoms with van der Waals surface area (Å²) in [4.78, 5) is 24.1. The van der Waals surface area contributed by atoms with Crippen LogP contribution in [-0.2, 0) is 0 Å². The summed E-state index contributed by atoms with van der Waals surface area (Å²) in [7, 11) is 0. The Kier molecular flexibility index (Phi) is 6.13. The molecule has 4 heteroatoms. The molecule has 0 aliphatic heterocycles. The fraction of sp³-hybridized carbons (Fsp3) is 0.300. The van der Waals surface area contributed by atoms with Crippen LogP contribution in [0.1, 0.15) is 47.4 Å². The van der Waals surface area contributed by atoms with Crippen molar-refractivity contribution in [2.45, 2.75) is 26.7 Å². The molecular formula is C20H23NO3. The van der Waals surface area contributed by atoms with E-state index in [1.54, 1.807) is 42.5 Å². The Morgan fingerprint density at radius 3 is 1.96 bits per heavy atom. The summed E-state index contributed by atoms with van der Waals surface area (Å²) in [5, 5.41) is 12.4. The van der Waals surface area contributed by atoms with E-state index < -0.39 is 5.97 Å². The zero-order valence-electron chi connectivity index (χ0n) is 14.1. The summed E-state index contributed by atoms with van der Waals surface area (Å²) in [5.74, 6) is -0.719. The molecule has 24 heavy (non-hydrogen) atoms. The number of carbonyl (C=O) groups is 2. The Morgan fingerprint density at radius 2 is 1.42 bits per heavy atom. The summed E-state index contributed by atoms with van der Waals surface area (Å²) in [5.41, 5.74) is 1.88. The monoisotopic (exact) mass is 325 g/mol. The number of amides is 1. The number of hydrogen-bond donors (Lipinski definition) is 2. The van der Waals surface area contributed by atoms with E-state index in [1.165, 1.54) is 0 Å². The van der Waals surface area contributed by atoms with E-state index in [-0.39, 0.29) is 11.5 Å². The maximum absolute atomic E-state index is 12.6. The van der Waals surface area contributed by atoms with Gasteiger partial charge in [0.15, 0.2) is 0 Å². The highest BCUT2D eigenvalue weighted by Crippen LogP contribution is 2.27. The predicted octanol–water partition coefficient (Wildman–Crippen LogP) is 4.22. The molecular weight excluding hydrogens is 302 g/mol. The lowest BCUT2D eigenvalue weighted by Gasteiger charge is -2.15. The second-order valence-electron chi connectivity index (χ2n) is 5.79. The van der Waals surface area contributed by atoms with Gasteiger partial charge in [0.1, 0.15) is 0 Å². The minimum Gasteiger partial charge on any atom is -0.478 e. The van der Waals surface area contributed by atoms with Gasteiger partial charge >= 0.3 is 5.97 Å². The van der Waals surface area contributed by atoms with Gasteiger partial charge in [-0.2, -0.15) is 0 Å². The van der Waals surface area contributed by atoms with Crippen LogP contribution in [0.5, 0.6) is 0 Å².